The van der Waals surface area contributed by atoms with Crippen LogP contribution >= 0.6 is 11.6 Å². The van der Waals surface area contributed by atoms with E-state index in [1.807, 2.05) is 6.07 Å². The van der Waals surface area contributed by atoms with Crippen molar-refractivity contribution in [2.24, 2.45) is 5.10 Å². The lowest BCUT2D eigenvalue weighted by atomic mass is 10.2. The highest BCUT2D eigenvalue weighted by Gasteiger charge is 2.09. The van der Waals surface area contributed by atoms with Crippen molar-refractivity contribution >= 4 is 33.9 Å². The summed E-state index contributed by atoms with van der Waals surface area (Å²) in [6.45, 7) is 0. The second-order valence-corrected chi connectivity index (χ2v) is 5.06. The number of anilines is 1. The van der Waals surface area contributed by atoms with Crippen molar-refractivity contribution < 1.29 is 0 Å². The van der Waals surface area contributed by atoms with Crippen LogP contribution in [-0.2, 0) is 0 Å². The summed E-state index contributed by atoms with van der Waals surface area (Å²) in [5.74, 6) is 0.109. The molecular formula is C16H10ClN5O. The Kier molecular flexibility index (Phi) is 4.04. The van der Waals surface area contributed by atoms with Crippen molar-refractivity contribution in [1.82, 2.24) is 9.97 Å². The molecule has 0 unspecified atom stereocenters. The minimum absolute atomic E-state index is 0.0252. The van der Waals surface area contributed by atoms with Crippen LogP contribution in [0.4, 0.5) is 5.69 Å². The lowest BCUT2D eigenvalue weighted by Crippen LogP contribution is -2.16. The van der Waals surface area contributed by atoms with E-state index in [4.69, 9.17) is 11.6 Å². The van der Waals surface area contributed by atoms with Gasteiger partial charge in [-0.3, -0.25) is 10.2 Å². The average Bonchev–Trinajstić information content (AvgIpc) is 2.57. The second-order valence-electron chi connectivity index (χ2n) is 4.62. The summed E-state index contributed by atoms with van der Waals surface area (Å²) >= 11 is 5.80. The number of rotatable bonds is 3. The van der Waals surface area contributed by atoms with Crippen molar-refractivity contribution in [3.8, 4) is 6.07 Å². The molecule has 112 valence electrons. The smallest absolute Gasteiger partial charge is 0.259 e. The molecule has 7 heteroatoms. The molecule has 0 spiro atoms. The molecule has 6 nitrogen and oxygen atoms in total. The summed E-state index contributed by atoms with van der Waals surface area (Å²) < 4.78 is 0. The molecule has 0 radical (unpaired) electrons. The van der Waals surface area contributed by atoms with Gasteiger partial charge in [-0.2, -0.15) is 10.4 Å². The fourth-order valence-corrected chi connectivity index (χ4v) is 2.10. The molecule has 0 saturated heterocycles. The molecule has 0 aliphatic carbocycles. The van der Waals surface area contributed by atoms with Gasteiger partial charge in [0.25, 0.3) is 5.56 Å². The Morgan fingerprint density at radius 1 is 1.22 bits per heavy atom. The molecule has 0 aliphatic rings. The Morgan fingerprint density at radius 3 is 2.70 bits per heavy atom. The number of aromatic nitrogens is 2. The van der Waals surface area contributed by atoms with Crippen LogP contribution in [-0.4, -0.2) is 15.7 Å². The maximum absolute atomic E-state index is 12.0. The zero-order chi connectivity index (χ0) is 16.2. The van der Waals surface area contributed by atoms with E-state index in [1.54, 1.807) is 48.5 Å². The maximum atomic E-state index is 12.0. The average molecular weight is 324 g/mol. The number of aromatic amines is 1. The SMILES string of the molecule is N#C/C(=N\Nc1ccc(Cl)cc1)c1nc2ccccc2c(=O)[nH]1. The molecule has 0 atom stereocenters. The molecule has 1 heterocycles. The van der Waals surface area contributed by atoms with E-state index in [1.165, 1.54) is 0 Å². The Hall–Kier alpha value is -3.17. The van der Waals surface area contributed by atoms with Crippen LogP contribution < -0.4 is 11.0 Å². The molecule has 0 fully saturated rings. The molecular weight excluding hydrogens is 314 g/mol. The van der Waals surface area contributed by atoms with Gasteiger partial charge in [0.1, 0.15) is 6.07 Å². The standard InChI is InChI=1S/C16H10ClN5O/c17-10-5-7-11(8-6-10)21-22-14(9-18)15-19-13-4-2-1-3-12(13)16(23)20-15/h1-8,21H,(H,19,20,23)/b22-14+. The predicted octanol–water partition coefficient (Wildman–Crippen LogP) is 2.92. The number of H-pyrrole nitrogens is 1. The number of hydrazone groups is 1. The first kappa shape index (κ1) is 14.8. The van der Waals surface area contributed by atoms with E-state index in [-0.39, 0.29) is 17.1 Å². The molecule has 3 aromatic rings. The number of nitriles is 1. The fraction of sp³-hybridized carbons (Fsp3) is 0. The summed E-state index contributed by atoms with van der Waals surface area (Å²) in [6.07, 6.45) is 0. The first-order valence-electron chi connectivity index (χ1n) is 6.66. The van der Waals surface area contributed by atoms with Crippen LogP contribution in [0.25, 0.3) is 10.9 Å². The first-order chi connectivity index (χ1) is 11.2. The number of nitrogens with zero attached hydrogens (tertiary/aromatic N) is 3. The molecule has 0 aliphatic heterocycles. The van der Waals surface area contributed by atoms with E-state index < -0.39 is 0 Å². The highest BCUT2D eigenvalue weighted by Crippen LogP contribution is 2.13. The lowest BCUT2D eigenvalue weighted by molar-refractivity contribution is 1.13. The number of fused-ring (bicyclic) bond motifs is 1. The number of para-hydroxylation sites is 1. The molecule has 0 amide bonds. The fourth-order valence-electron chi connectivity index (χ4n) is 1.97. The third kappa shape index (κ3) is 3.20. The number of halogens is 1. The molecule has 3 rings (SSSR count). The Morgan fingerprint density at radius 2 is 1.96 bits per heavy atom. The molecule has 1 aromatic heterocycles. The molecule has 2 N–H and O–H groups in total. The van der Waals surface area contributed by atoms with E-state index in [9.17, 15) is 10.1 Å². The first-order valence-corrected chi connectivity index (χ1v) is 7.04. The minimum atomic E-state index is -0.319. The number of benzene rings is 2. The summed E-state index contributed by atoms with van der Waals surface area (Å²) in [5, 5.41) is 14.3. The lowest BCUT2D eigenvalue weighted by Gasteiger charge is -2.03. The van der Waals surface area contributed by atoms with Crippen LogP contribution in [0.2, 0.25) is 5.02 Å². The Labute approximate surface area is 136 Å². The maximum Gasteiger partial charge on any atom is 0.259 e. The van der Waals surface area contributed by atoms with Gasteiger partial charge in [0.15, 0.2) is 5.82 Å². The third-order valence-electron chi connectivity index (χ3n) is 3.08. The molecule has 2 aromatic carbocycles. The second kappa shape index (κ2) is 6.30. The topological polar surface area (TPSA) is 93.9 Å². The molecule has 23 heavy (non-hydrogen) atoms. The molecule has 0 bridgehead atoms. The van der Waals surface area contributed by atoms with E-state index in [0.29, 0.717) is 21.6 Å². The highest BCUT2D eigenvalue weighted by molar-refractivity contribution is 6.30. The van der Waals surface area contributed by atoms with E-state index >= 15 is 0 Å². The monoisotopic (exact) mass is 323 g/mol. The van der Waals surface area contributed by atoms with Crippen LogP contribution in [0.1, 0.15) is 5.82 Å². The number of hydrogen-bond donors (Lipinski definition) is 2. The summed E-state index contributed by atoms with van der Waals surface area (Å²) in [6, 6.07) is 15.6. The summed E-state index contributed by atoms with van der Waals surface area (Å²) in [4.78, 5) is 18.9. The predicted molar refractivity (Wildman–Crippen MR) is 89.6 cm³/mol. The molecule has 0 saturated carbocycles. The zero-order valence-electron chi connectivity index (χ0n) is 11.7. The van der Waals surface area contributed by atoms with Gasteiger partial charge < -0.3 is 4.98 Å². The van der Waals surface area contributed by atoms with Crippen molar-refractivity contribution in [1.29, 1.82) is 5.26 Å². The van der Waals surface area contributed by atoms with Crippen LogP contribution in [0.5, 0.6) is 0 Å². The van der Waals surface area contributed by atoms with Gasteiger partial charge in [-0.15, -0.1) is 0 Å². The Balaban J connectivity index is 1.97. The van der Waals surface area contributed by atoms with Crippen molar-refractivity contribution in [2.75, 3.05) is 5.43 Å². The van der Waals surface area contributed by atoms with Gasteiger partial charge in [-0.25, -0.2) is 4.98 Å². The Bertz CT molecular complexity index is 986. The van der Waals surface area contributed by atoms with E-state index in [2.05, 4.69) is 20.5 Å². The quantitative estimate of drug-likeness (QED) is 0.572. The van der Waals surface area contributed by atoms with Crippen molar-refractivity contribution in [3.63, 3.8) is 0 Å². The van der Waals surface area contributed by atoms with Gasteiger partial charge in [-0.05, 0) is 36.4 Å². The van der Waals surface area contributed by atoms with Crippen molar-refractivity contribution in [2.45, 2.75) is 0 Å². The summed E-state index contributed by atoms with van der Waals surface area (Å²) in [7, 11) is 0. The third-order valence-corrected chi connectivity index (χ3v) is 3.34. The van der Waals surface area contributed by atoms with Gasteiger partial charge in [-0.1, -0.05) is 23.7 Å². The highest BCUT2D eigenvalue weighted by atomic mass is 35.5. The number of hydrogen-bond acceptors (Lipinski definition) is 5. The zero-order valence-corrected chi connectivity index (χ0v) is 12.5. The van der Waals surface area contributed by atoms with E-state index in [0.717, 1.165) is 0 Å². The van der Waals surface area contributed by atoms with Crippen molar-refractivity contribution in [3.05, 3.63) is 69.7 Å². The van der Waals surface area contributed by atoms with Gasteiger partial charge in [0.2, 0.25) is 5.71 Å². The normalized spacial score (nSPS) is 11.2. The van der Waals surface area contributed by atoms with Gasteiger partial charge in [0.05, 0.1) is 16.6 Å². The van der Waals surface area contributed by atoms with Gasteiger partial charge in [0, 0.05) is 5.02 Å². The largest absolute Gasteiger partial charge is 0.304 e. The van der Waals surface area contributed by atoms with Crippen LogP contribution in [0, 0.1) is 11.3 Å². The van der Waals surface area contributed by atoms with Crippen LogP contribution in [0.15, 0.2) is 58.4 Å². The summed E-state index contributed by atoms with van der Waals surface area (Å²) in [5.41, 5.74) is 3.55. The van der Waals surface area contributed by atoms with Gasteiger partial charge >= 0.3 is 0 Å². The van der Waals surface area contributed by atoms with Crippen LogP contribution in [0.3, 0.4) is 0 Å². The number of nitrogens with one attached hydrogen (secondary N) is 2. The minimum Gasteiger partial charge on any atom is -0.304 e.